The smallest absolute Gasteiger partial charge is 0.204 e. The molecular formula is C10H10BrN3. The number of benzene rings is 1. The molecule has 0 saturated heterocycles. The normalized spacial score (nSPS) is 10.1. The number of hydrogen-bond donors (Lipinski definition) is 2. The second kappa shape index (κ2) is 3.84. The summed E-state index contributed by atoms with van der Waals surface area (Å²) in [5.74, 6) is 0.768. The standard InChI is InChI=1S/C10H10BrN3/c1-7-6-12-10(13-7)14-9-4-2-8(11)3-5-9/h2-6H,1H3,(H2,12,13,14). The van der Waals surface area contributed by atoms with Crippen LogP contribution in [-0.2, 0) is 0 Å². The molecule has 0 aliphatic carbocycles. The number of aromatic amines is 1. The SMILES string of the molecule is Cc1cnc(Nc2ccc(Br)cc2)[nH]1. The summed E-state index contributed by atoms with van der Waals surface area (Å²) >= 11 is 3.38. The van der Waals surface area contributed by atoms with Gasteiger partial charge in [0, 0.05) is 22.1 Å². The Balaban J connectivity index is 2.15. The van der Waals surface area contributed by atoms with E-state index in [0.29, 0.717) is 0 Å². The van der Waals surface area contributed by atoms with Crippen molar-refractivity contribution >= 4 is 27.6 Å². The average molecular weight is 252 g/mol. The maximum absolute atomic E-state index is 4.16. The van der Waals surface area contributed by atoms with Gasteiger partial charge in [0.15, 0.2) is 0 Å². The first-order chi connectivity index (χ1) is 6.74. The predicted molar refractivity (Wildman–Crippen MR) is 60.7 cm³/mol. The summed E-state index contributed by atoms with van der Waals surface area (Å²) in [6, 6.07) is 7.94. The number of rotatable bonds is 2. The van der Waals surface area contributed by atoms with Gasteiger partial charge in [-0.2, -0.15) is 0 Å². The Hall–Kier alpha value is -1.29. The number of H-pyrrole nitrogens is 1. The number of aryl methyl sites for hydroxylation is 1. The molecule has 0 saturated carbocycles. The highest BCUT2D eigenvalue weighted by atomic mass is 79.9. The van der Waals surface area contributed by atoms with Crippen LogP contribution in [-0.4, -0.2) is 9.97 Å². The van der Waals surface area contributed by atoms with E-state index in [1.165, 1.54) is 0 Å². The molecule has 2 N–H and O–H groups in total. The minimum Gasteiger partial charge on any atom is -0.328 e. The van der Waals surface area contributed by atoms with Gasteiger partial charge in [-0.3, -0.25) is 0 Å². The average Bonchev–Trinajstić information content (AvgIpc) is 2.56. The van der Waals surface area contributed by atoms with E-state index >= 15 is 0 Å². The van der Waals surface area contributed by atoms with Gasteiger partial charge in [0.25, 0.3) is 0 Å². The number of anilines is 2. The summed E-state index contributed by atoms with van der Waals surface area (Å²) in [7, 11) is 0. The molecule has 1 heterocycles. The van der Waals surface area contributed by atoms with E-state index < -0.39 is 0 Å². The van der Waals surface area contributed by atoms with Gasteiger partial charge in [-0.25, -0.2) is 4.98 Å². The molecule has 0 amide bonds. The van der Waals surface area contributed by atoms with Crippen LogP contribution in [0, 0.1) is 6.92 Å². The second-order valence-corrected chi connectivity index (χ2v) is 3.96. The van der Waals surface area contributed by atoms with Crippen molar-refractivity contribution in [1.29, 1.82) is 0 Å². The first-order valence-corrected chi connectivity index (χ1v) is 5.07. The van der Waals surface area contributed by atoms with Crippen molar-refractivity contribution in [3.05, 3.63) is 40.6 Å². The van der Waals surface area contributed by atoms with Gasteiger partial charge in [-0.15, -0.1) is 0 Å². The topological polar surface area (TPSA) is 40.7 Å². The van der Waals surface area contributed by atoms with Crippen LogP contribution < -0.4 is 5.32 Å². The van der Waals surface area contributed by atoms with Crippen molar-refractivity contribution in [1.82, 2.24) is 9.97 Å². The van der Waals surface area contributed by atoms with Crippen LogP contribution >= 0.6 is 15.9 Å². The number of imidazole rings is 1. The van der Waals surface area contributed by atoms with Crippen molar-refractivity contribution in [2.45, 2.75) is 6.92 Å². The molecule has 0 fully saturated rings. The van der Waals surface area contributed by atoms with Crippen LogP contribution in [0.15, 0.2) is 34.9 Å². The maximum atomic E-state index is 4.16. The molecular weight excluding hydrogens is 242 g/mol. The van der Waals surface area contributed by atoms with E-state index in [2.05, 4.69) is 31.2 Å². The fraction of sp³-hybridized carbons (Fsp3) is 0.100. The summed E-state index contributed by atoms with van der Waals surface area (Å²) in [5.41, 5.74) is 2.06. The van der Waals surface area contributed by atoms with Crippen LogP contribution in [0.4, 0.5) is 11.6 Å². The maximum Gasteiger partial charge on any atom is 0.204 e. The molecule has 4 heteroatoms. The molecule has 72 valence electrons. The lowest BCUT2D eigenvalue weighted by Gasteiger charge is -2.01. The third-order valence-electron chi connectivity index (χ3n) is 1.81. The summed E-state index contributed by atoms with van der Waals surface area (Å²) in [5, 5.41) is 3.16. The Morgan fingerprint density at radius 3 is 2.57 bits per heavy atom. The minimum atomic E-state index is 0.768. The van der Waals surface area contributed by atoms with Gasteiger partial charge < -0.3 is 10.3 Å². The third kappa shape index (κ3) is 2.14. The lowest BCUT2D eigenvalue weighted by Crippen LogP contribution is -1.91. The van der Waals surface area contributed by atoms with Gasteiger partial charge in [0.1, 0.15) is 0 Å². The zero-order chi connectivity index (χ0) is 9.97. The molecule has 0 radical (unpaired) electrons. The van der Waals surface area contributed by atoms with Crippen molar-refractivity contribution < 1.29 is 0 Å². The Morgan fingerprint density at radius 1 is 1.29 bits per heavy atom. The molecule has 1 aromatic carbocycles. The quantitative estimate of drug-likeness (QED) is 0.861. The first-order valence-electron chi connectivity index (χ1n) is 4.28. The highest BCUT2D eigenvalue weighted by Crippen LogP contribution is 2.16. The third-order valence-corrected chi connectivity index (χ3v) is 2.34. The largest absolute Gasteiger partial charge is 0.328 e. The number of hydrogen-bond acceptors (Lipinski definition) is 2. The second-order valence-electron chi connectivity index (χ2n) is 3.05. The zero-order valence-corrected chi connectivity index (χ0v) is 9.30. The lowest BCUT2D eigenvalue weighted by atomic mass is 10.3. The summed E-state index contributed by atoms with van der Waals surface area (Å²) in [4.78, 5) is 7.26. The molecule has 2 aromatic rings. The summed E-state index contributed by atoms with van der Waals surface area (Å²) in [6.07, 6.45) is 1.79. The Morgan fingerprint density at radius 2 is 2.00 bits per heavy atom. The summed E-state index contributed by atoms with van der Waals surface area (Å²) in [6.45, 7) is 1.97. The van der Waals surface area contributed by atoms with Crippen LogP contribution in [0.5, 0.6) is 0 Å². The van der Waals surface area contributed by atoms with E-state index in [0.717, 1.165) is 21.8 Å². The van der Waals surface area contributed by atoms with Crippen molar-refractivity contribution in [2.75, 3.05) is 5.32 Å². The van der Waals surface area contributed by atoms with Gasteiger partial charge >= 0.3 is 0 Å². The fourth-order valence-electron chi connectivity index (χ4n) is 1.15. The first kappa shape index (κ1) is 9.27. The minimum absolute atomic E-state index is 0.768. The molecule has 0 atom stereocenters. The van der Waals surface area contributed by atoms with Crippen LogP contribution in [0.3, 0.4) is 0 Å². The van der Waals surface area contributed by atoms with Crippen LogP contribution in [0.2, 0.25) is 0 Å². The van der Waals surface area contributed by atoms with E-state index in [-0.39, 0.29) is 0 Å². The Bertz CT molecular complexity index is 419. The van der Waals surface area contributed by atoms with E-state index in [9.17, 15) is 0 Å². The highest BCUT2D eigenvalue weighted by molar-refractivity contribution is 9.10. The van der Waals surface area contributed by atoms with Gasteiger partial charge in [-0.1, -0.05) is 15.9 Å². The fourth-order valence-corrected chi connectivity index (χ4v) is 1.41. The number of halogens is 1. The van der Waals surface area contributed by atoms with Crippen LogP contribution in [0.1, 0.15) is 5.69 Å². The number of nitrogens with zero attached hydrogens (tertiary/aromatic N) is 1. The van der Waals surface area contributed by atoms with Crippen molar-refractivity contribution in [2.24, 2.45) is 0 Å². The molecule has 1 aromatic heterocycles. The molecule has 14 heavy (non-hydrogen) atoms. The van der Waals surface area contributed by atoms with Crippen LogP contribution in [0.25, 0.3) is 0 Å². The Labute approximate surface area is 90.7 Å². The zero-order valence-electron chi connectivity index (χ0n) is 7.71. The predicted octanol–water partition coefficient (Wildman–Crippen LogP) is 3.22. The Kier molecular flexibility index (Phi) is 2.54. The molecule has 0 aliphatic heterocycles. The van der Waals surface area contributed by atoms with E-state index in [1.807, 2.05) is 31.2 Å². The molecule has 0 unspecified atom stereocenters. The molecule has 3 nitrogen and oxygen atoms in total. The lowest BCUT2D eigenvalue weighted by molar-refractivity contribution is 1.24. The summed E-state index contributed by atoms with van der Waals surface area (Å²) < 4.78 is 1.07. The van der Waals surface area contributed by atoms with Gasteiger partial charge in [0.2, 0.25) is 5.95 Å². The van der Waals surface area contributed by atoms with Crippen molar-refractivity contribution in [3.8, 4) is 0 Å². The van der Waals surface area contributed by atoms with Gasteiger partial charge in [-0.05, 0) is 31.2 Å². The molecule has 0 aliphatic rings. The number of nitrogens with one attached hydrogen (secondary N) is 2. The van der Waals surface area contributed by atoms with Crippen molar-refractivity contribution in [3.63, 3.8) is 0 Å². The molecule has 2 rings (SSSR count). The van der Waals surface area contributed by atoms with E-state index in [1.54, 1.807) is 6.20 Å². The number of aromatic nitrogens is 2. The molecule has 0 bridgehead atoms. The highest BCUT2D eigenvalue weighted by Gasteiger charge is 1.97. The molecule has 0 spiro atoms. The van der Waals surface area contributed by atoms with Gasteiger partial charge in [0.05, 0.1) is 0 Å². The monoisotopic (exact) mass is 251 g/mol. The van der Waals surface area contributed by atoms with E-state index in [4.69, 9.17) is 0 Å².